The summed E-state index contributed by atoms with van der Waals surface area (Å²) in [4.78, 5) is 5.84. The Hall–Kier alpha value is -0.910. The zero-order chi connectivity index (χ0) is 12.1. The number of halogens is 1. The van der Waals surface area contributed by atoms with E-state index in [4.69, 9.17) is 5.73 Å². The lowest BCUT2D eigenvalue weighted by atomic mass is 10.2. The Morgan fingerprint density at radius 2 is 2.24 bits per heavy atom. The van der Waals surface area contributed by atoms with Gasteiger partial charge in [-0.05, 0) is 18.6 Å². The highest BCUT2D eigenvalue weighted by Gasteiger charge is 2.08. The molecule has 0 aliphatic rings. The van der Waals surface area contributed by atoms with Crippen LogP contribution in [0.2, 0.25) is 0 Å². The lowest BCUT2D eigenvalue weighted by Crippen LogP contribution is -2.25. The third-order valence-corrected chi connectivity index (χ3v) is 4.28. The molecule has 5 heteroatoms. The number of aromatic nitrogens is 1. The van der Waals surface area contributed by atoms with Gasteiger partial charge in [-0.3, -0.25) is 4.98 Å². The first-order chi connectivity index (χ1) is 8.25. The van der Waals surface area contributed by atoms with Crippen LogP contribution >= 0.6 is 23.1 Å². The molecule has 2 rings (SSSR count). The van der Waals surface area contributed by atoms with Crippen molar-refractivity contribution in [3.8, 4) is 0 Å². The van der Waals surface area contributed by atoms with Gasteiger partial charge in [0.25, 0.3) is 0 Å². The van der Waals surface area contributed by atoms with Gasteiger partial charge in [0.15, 0.2) is 0 Å². The highest BCUT2D eigenvalue weighted by Crippen LogP contribution is 2.22. The molecule has 0 aliphatic heterocycles. The van der Waals surface area contributed by atoms with Gasteiger partial charge in [0.1, 0.15) is 5.82 Å². The van der Waals surface area contributed by atoms with Crippen LogP contribution in [0.5, 0.6) is 0 Å². The number of hydrogen-bond acceptors (Lipinski definition) is 4. The SMILES string of the molecule is NC(CSc1ccccc1F)Cc1cncs1. The van der Waals surface area contributed by atoms with E-state index >= 15 is 0 Å². The Bertz CT molecular complexity index is 459. The number of thiazole rings is 1. The molecule has 17 heavy (non-hydrogen) atoms. The molecule has 0 fully saturated rings. The standard InChI is InChI=1S/C12H13FN2S2/c13-11-3-1-2-4-12(11)16-7-9(14)5-10-6-15-8-17-10/h1-4,6,8-9H,5,7,14H2. The zero-order valence-electron chi connectivity index (χ0n) is 9.17. The minimum absolute atomic E-state index is 0.0278. The first kappa shape index (κ1) is 12.5. The molecule has 0 bridgehead atoms. The van der Waals surface area contributed by atoms with Crippen molar-refractivity contribution >= 4 is 23.1 Å². The summed E-state index contributed by atoms with van der Waals surface area (Å²) in [6.45, 7) is 0. The van der Waals surface area contributed by atoms with Gasteiger partial charge < -0.3 is 5.73 Å². The maximum absolute atomic E-state index is 13.3. The van der Waals surface area contributed by atoms with Gasteiger partial charge in [-0.2, -0.15) is 0 Å². The summed E-state index contributed by atoms with van der Waals surface area (Å²) in [5.41, 5.74) is 7.80. The monoisotopic (exact) mass is 268 g/mol. The van der Waals surface area contributed by atoms with Crippen molar-refractivity contribution < 1.29 is 4.39 Å². The van der Waals surface area contributed by atoms with Crippen LogP contribution in [0, 0.1) is 5.82 Å². The van der Waals surface area contributed by atoms with Crippen LogP contribution in [0.25, 0.3) is 0 Å². The van der Waals surface area contributed by atoms with E-state index in [2.05, 4.69) is 4.98 Å². The molecule has 1 unspecified atom stereocenters. The van der Waals surface area contributed by atoms with Gasteiger partial charge in [0.2, 0.25) is 0 Å². The summed E-state index contributed by atoms with van der Waals surface area (Å²) in [5.74, 6) is 0.529. The first-order valence-corrected chi connectivity index (χ1v) is 7.12. The molecule has 1 aromatic carbocycles. The number of benzene rings is 1. The van der Waals surface area contributed by atoms with E-state index in [-0.39, 0.29) is 11.9 Å². The van der Waals surface area contributed by atoms with E-state index in [1.54, 1.807) is 29.0 Å². The molecule has 1 heterocycles. The normalized spacial score (nSPS) is 12.6. The first-order valence-electron chi connectivity index (χ1n) is 5.26. The second kappa shape index (κ2) is 6.14. The van der Waals surface area contributed by atoms with E-state index in [0.29, 0.717) is 10.6 Å². The van der Waals surface area contributed by atoms with Crippen molar-refractivity contribution in [1.29, 1.82) is 0 Å². The molecule has 2 nitrogen and oxygen atoms in total. The molecule has 2 N–H and O–H groups in total. The van der Waals surface area contributed by atoms with Gasteiger partial charge in [0.05, 0.1) is 5.51 Å². The fourth-order valence-electron chi connectivity index (χ4n) is 1.42. The number of nitrogens with two attached hydrogens (primary N) is 1. The van der Waals surface area contributed by atoms with Gasteiger partial charge in [-0.15, -0.1) is 23.1 Å². The lowest BCUT2D eigenvalue weighted by Gasteiger charge is -2.09. The predicted molar refractivity (Wildman–Crippen MR) is 70.9 cm³/mol. The van der Waals surface area contributed by atoms with E-state index < -0.39 is 0 Å². The summed E-state index contributed by atoms with van der Waals surface area (Å²) >= 11 is 3.06. The third kappa shape index (κ3) is 3.80. The summed E-state index contributed by atoms with van der Waals surface area (Å²) < 4.78 is 13.3. The van der Waals surface area contributed by atoms with Gasteiger partial charge in [0, 0.05) is 27.8 Å². The molecule has 0 aliphatic carbocycles. The topological polar surface area (TPSA) is 38.9 Å². The van der Waals surface area contributed by atoms with Crippen molar-refractivity contribution in [2.75, 3.05) is 5.75 Å². The average molecular weight is 268 g/mol. The Balaban J connectivity index is 1.84. The fourth-order valence-corrected chi connectivity index (χ4v) is 3.00. The highest BCUT2D eigenvalue weighted by molar-refractivity contribution is 7.99. The molecule has 0 radical (unpaired) electrons. The quantitative estimate of drug-likeness (QED) is 0.847. The summed E-state index contributed by atoms with van der Waals surface area (Å²) in [6.07, 6.45) is 2.63. The summed E-state index contributed by atoms with van der Waals surface area (Å²) in [6, 6.07) is 6.80. The van der Waals surface area contributed by atoms with Crippen molar-refractivity contribution in [1.82, 2.24) is 4.98 Å². The minimum atomic E-state index is -0.178. The number of hydrogen-bond donors (Lipinski definition) is 1. The molecule has 0 spiro atoms. The number of nitrogens with zero attached hydrogens (tertiary/aromatic N) is 1. The Morgan fingerprint density at radius 3 is 2.94 bits per heavy atom. The lowest BCUT2D eigenvalue weighted by molar-refractivity contribution is 0.601. The molecule has 0 saturated carbocycles. The van der Waals surface area contributed by atoms with E-state index in [0.717, 1.165) is 6.42 Å². The molecule has 0 amide bonds. The van der Waals surface area contributed by atoms with E-state index in [1.165, 1.54) is 22.7 Å². The molecule has 0 saturated heterocycles. The Kier molecular flexibility index (Phi) is 4.53. The predicted octanol–water partition coefficient (Wildman–Crippen LogP) is 2.94. The summed E-state index contributed by atoms with van der Waals surface area (Å²) in [5, 5.41) is 0. The van der Waals surface area contributed by atoms with Crippen LogP contribution in [0.4, 0.5) is 4.39 Å². The van der Waals surface area contributed by atoms with Crippen LogP contribution < -0.4 is 5.73 Å². The highest BCUT2D eigenvalue weighted by atomic mass is 32.2. The van der Waals surface area contributed by atoms with Gasteiger partial charge in [-0.25, -0.2) is 4.39 Å². The smallest absolute Gasteiger partial charge is 0.136 e. The molecular weight excluding hydrogens is 255 g/mol. The summed E-state index contributed by atoms with van der Waals surface area (Å²) in [7, 11) is 0. The van der Waals surface area contributed by atoms with Crippen molar-refractivity contribution in [3.63, 3.8) is 0 Å². The van der Waals surface area contributed by atoms with Crippen LogP contribution in [0.1, 0.15) is 4.88 Å². The van der Waals surface area contributed by atoms with Crippen molar-refractivity contribution in [3.05, 3.63) is 46.7 Å². The van der Waals surface area contributed by atoms with E-state index in [9.17, 15) is 4.39 Å². The van der Waals surface area contributed by atoms with Crippen molar-refractivity contribution in [2.45, 2.75) is 17.4 Å². The third-order valence-electron chi connectivity index (χ3n) is 2.24. The Morgan fingerprint density at radius 1 is 1.41 bits per heavy atom. The van der Waals surface area contributed by atoms with Crippen LogP contribution in [0.15, 0.2) is 40.9 Å². The van der Waals surface area contributed by atoms with Crippen LogP contribution in [0.3, 0.4) is 0 Å². The second-order valence-corrected chi connectivity index (χ2v) is 5.71. The number of thioether (sulfide) groups is 1. The van der Waals surface area contributed by atoms with E-state index in [1.807, 2.05) is 12.3 Å². The second-order valence-electron chi connectivity index (χ2n) is 3.67. The van der Waals surface area contributed by atoms with Gasteiger partial charge in [-0.1, -0.05) is 12.1 Å². The Labute approximate surface area is 108 Å². The molecular formula is C12H13FN2S2. The molecule has 1 aromatic heterocycles. The zero-order valence-corrected chi connectivity index (χ0v) is 10.8. The van der Waals surface area contributed by atoms with Crippen LogP contribution in [-0.2, 0) is 6.42 Å². The fraction of sp³-hybridized carbons (Fsp3) is 0.250. The maximum atomic E-state index is 13.3. The molecule has 90 valence electrons. The average Bonchev–Trinajstić information content (AvgIpc) is 2.81. The number of rotatable bonds is 5. The largest absolute Gasteiger partial charge is 0.327 e. The van der Waals surface area contributed by atoms with Crippen LogP contribution in [-0.4, -0.2) is 16.8 Å². The molecule has 1 atom stereocenters. The maximum Gasteiger partial charge on any atom is 0.136 e. The van der Waals surface area contributed by atoms with Crippen molar-refractivity contribution in [2.24, 2.45) is 5.73 Å². The molecule has 2 aromatic rings. The van der Waals surface area contributed by atoms with Gasteiger partial charge >= 0.3 is 0 Å². The minimum Gasteiger partial charge on any atom is -0.327 e.